The maximum Gasteiger partial charge on any atom is 0.323 e. The standard InChI is InChI=1S/C28H37N7O7/c1-14-11-35(15(2)13-36)26(37)20-9-8-10-21(29-27(38)30-23-16(3)32-41-18(23)5)25(20)40-22(14)12-34(7)28(39)31-24-17(4)33-42-19(24)6/h8-10,14-15,22,36H,11-13H2,1-7H3,(H,31,39)(H2,29,30,38)/t14-,15-,22+/m1/s1. The first kappa shape index (κ1) is 30.4. The van der Waals surface area contributed by atoms with Crippen molar-refractivity contribution in [2.24, 2.45) is 5.92 Å². The molecule has 1 aromatic carbocycles. The van der Waals surface area contributed by atoms with E-state index >= 15 is 0 Å². The minimum atomic E-state index is -0.598. The number of carbonyl (C=O) groups is 3. The number of nitrogens with zero attached hydrogens (tertiary/aromatic N) is 4. The van der Waals surface area contributed by atoms with Gasteiger partial charge in [0.15, 0.2) is 17.3 Å². The number of likely N-dealkylation sites (N-methyl/N-ethyl adjacent to an activating group) is 1. The van der Waals surface area contributed by atoms with Crippen LogP contribution in [0.15, 0.2) is 27.2 Å². The lowest BCUT2D eigenvalue weighted by atomic mass is 9.99. The highest BCUT2D eigenvalue weighted by atomic mass is 16.5. The molecule has 14 nitrogen and oxygen atoms in total. The molecule has 0 saturated heterocycles. The first-order valence-corrected chi connectivity index (χ1v) is 13.6. The minimum Gasteiger partial charge on any atom is -0.485 e. The summed E-state index contributed by atoms with van der Waals surface area (Å²) in [6.07, 6.45) is -0.598. The molecule has 1 aliphatic heterocycles. The second-order valence-corrected chi connectivity index (χ2v) is 10.6. The molecule has 42 heavy (non-hydrogen) atoms. The Morgan fingerprint density at radius 1 is 1.07 bits per heavy atom. The molecule has 1 aliphatic rings. The van der Waals surface area contributed by atoms with Gasteiger partial charge in [-0.1, -0.05) is 23.3 Å². The van der Waals surface area contributed by atoms with Crippen LogP contribution in [-0.2, 0) is 0 Å². The number of urea groups is 2. The van der Waals surface area contributed by atoms with Crippen LogP contribution in [0.5, 0.6) is 5.75 Å². The number of ether oxygens (including phenoxy) is 1. The molecule has 0 bridgehead atoms. The first-order chi connectivity index (χ1) is 19.9. The van der Waals surface area contributed by atoms with Gasteiger partial charge in [0.1, 0.15) is 28.9 Å². The summed E-state index contributed by atoms with van der Waals surface area (Å²) < 4.78 is 16.7. The lowest BCUT2D eigenvalue weighted by Gasteiger charge is -2.38. The van der Waals surface area contributed by atoms with Crippen LogP contribution >= 0.6 is 0 Å². The molecule has 0 aliphatic carbocycles. The van der Waals surface area contributed by atoms with Gasteiger partial charge in [-0.3, -0.25) is 4.79 Å². The molecule has 3 atom stereocenters. The number of carbonyl (C=O) groups excluding carboxylic acids is 3. The predicted molar refractivity (Wildman–Crippen MR) is 154 cm³/mol. The second kappa shape index (κ2) is 12.5. The molecule has 0 unspecified atom stereocenters. The normalized spacial score (nSPS) is 17.4. The largest absolute Gasteiger partial charge is 0.485 e. The molecule has 226 valence electrons. The lowest BCUT2D eigenvalue weighted by molar-refractivity contribution is 0.0373. The maximum absolute atomic E-state index is 13.7. The monoisotopic (exact) mass is 583 g/mol. The number of rotatable bonds is 7. The third-order valence-corrected chi connectivity index (χ3v) is 7.28. The number of nitrogens with one attached hydrogen (secondary N) is 3. The maximum atomic E-state index is 13.7. The fourth-order valence-electron chi connectivity index (χ4n) is 4.70. The van der Waals surface area contributed by atoms with Crippen LogP contribution < -0.4 is 20.7 Å². The van der Waals surface area contributed by atoms with Crippen LogP contribution in [-0.4, -0.2) is 82.1 Å². The van der Waals surface area contributed by atoms with E-state index in [4.69, 9.17) is 13.8 Å². The van der Waals surface area contributed by atoms with Gasteiger partial charge in [0.2, 0.25) is 0 Å². The van der Waals surface area contributed by atoms with Crippen LogP contribution in [0.4, 0.5) is 26.7 Å². The molecule has 3 aromatic rings. The summed E-state index contributed by atoms with van der Waals surface area (Å²) in [5.74, 6) is 0.461. The molecular formula is C28H37N7O7. The van der Waals surface area contributed by atoms with Gasteiger partial charge in [-0.25, -0.2) is 9.59 Å². The Balaban J connectivity index is 1.64. The number of hydrogen-bond donors (Lipinski definition) is 4. The number of anilines is 3. The average Bonchev–Trinajstić information content (AvgIpc) is 3.44. The van der Waals surface area contributed by atoms with E-state index in [0.717, 1.165) is 0 Å². The highest BCUT2D eigenvalue weighted by Crippen LogP contribution is 2.35. The predicted octanol–water partition coefficient (Wildman–Crippen LogP) is 3.92. The van der Waals surface area contributed by atoms with E-state index in [-0.39, 0.29) is 48.5 Å². The smallest absolute Gasteiger partial charge is 0.323 e. The summed E-state index contributed by atoms with van der Waals surface area (Å²) in [7, 11) is 1.63. The van der Waals surface area contributed by atoms with Crippen molar-refractivity contribution in [2.45, 2.75) is 53.7 Å². The Hall–Kier alpha value is -4.59. The van der Waals surface area contributed by atoms with Crippen molar-refractivity contribution in [1.29, 1.82) is 0 Å². The molecular weight excluding hydrogens is 546 g/mol. The molecule has 4 N–H and O–H groups in total. The fraction of sp³-hybridized carbons (Fsp3) is 0.464. The zero-order valence-corrected chi connectivity index (χ0v) is 24.8. The quantitative estimate of drug-likeness (QED) is 0.321. The zero-order chi connectivity index (χ0) is 30.7. The molecule has 0 spiro atoms. The van der Waals surface area contributed by atoms with E-state index in [0.29, 0.717) is 34.3 Å². The number of hydrogen-bond acceptors (Lipinski definition) is 9. The van der Waals surface area contributed by atoms with E-state index in [9.17, 15) is 19.5 Å². The summed E-state index contributed by atoms with van der Waals surface area (Å²) in [5.41, 5.74) is 2.46. The highest BCUT2D eigenvalue weighted by molar-refractivity contribution is 6.04. The van der Waals surface area contributed by atoms with Gasteiger partial charge in [0.05, 0.1) is 30.4 Å². The van der Waals surface area contributed by atoms with Gasteiger partial charge >= 0.3 is 12.1 Å². The minimum absolute atomic E-state index is 0.144. The van der Waals surface area contributed by atoms with Crippen LogP contribution in [0.1, 0.15) is 47.1 Å². The summed E-state index contributed by atoms with van der Waals surface area (Å²) in [4.78, 5) is 42.8. The number of aromatic nitrogens is 2. The Labute approximate surface area is 243 Å². The lowest BCUT2D eigenvalue weighted by Crippen LogP contribution is -2.50. The van der Waals surface area contributed by atoms with Gasteiger partial charge in [-0.15, -0.1) is 0 Å². The van der Waals surface area contributed by atoms with Crippen LogP contribution in [0, 0.1) is 33.6 Å². The summed E-state index contributed by atoms with van der Waals surface area (Å²) in [6, 6.07) is 3.40. The summed E-state index contributed by atoms with van der Waals surface area (Å²) >= 11 is 0. The van der Waals surface area contributed by atoms with Crippen molar-refractivity contribution in [1.82, 2.24) is 20.1 Å². The number of fused-ring (bicyclic) bond motifs is 1. The number of amides is 5. The van der Waals surface area contributed by atoms with Gasteiger partial charge in [0.25, 0.3) is 5.91 Å². The van der Waals surface area contributed by atoms with Crippen LogP contribution in [0.3, 0.4) is 0 Å². The number of aliphatic hydroxyl groups is 1. The molecule has 0 saturated carbocycles. The third-order valence-electron chi connectivity index (χ3n) is 7.28. The molecule has 0 fully saturated rings. The number of benzene rings is 1. The Kier molecular flexibility index (Phi) is 9.05. The van der Waals surface area contributed by atoms with E-state index < -0.39 is 24.2 Å². The van der Waals surface area contributed by atoms with Crippen molar-refractivity contribution in [3.8, 4) is 5.75 Å². The van der Waals surface area contributed by atoms with Crippen molar-refractivity contribution in [3.63, 3.8) is 0 Å². The summed E-state index contributed by atoms with van der Waals surface area (Å²) in [5, 5.41) is 25.9. The van der Waals surface area contributed by atoms with Crippen molar-refractivity contribution < 1.29 is 33.3 Å². The molecule has 14 heteroatoms. The second-order valence-electron chi connectivity index (χ2n) is 10.6. The Morgan fingerprint density at radius 3 is 2.26 bits per heavy atom. The SMILES string of the molecule is Cc1noc(C)c1NC(=O)Nc1cccc2c1O[C@@H](CN(C)C(=O)Nc1c(C)noc1C)[C@H](C)CN([C@H](C)CO)C2=O. The van der Waals surface area contributed by atoms with E-state index in [2.05, 4.69) is 26.3 Å². The number of aliphatic hydroxyl groups excluding tert-OH is 1. The molecule has 2 aromatic heterocycles. The van der Waals surface area contributed by atoms with Gasteiger partial charge in [-0.05, 0) is 46.8 Å². The first-order valence-electron chi connectivity index (χ1n) is 13.6. The van der Waals surface area contributed by atoms with E-state index in [1.807, 2.05) is 6.92 Å². The fourth-order valence-corrected chi connectivity index (χ4v) is 4.70. The van der Waals surface area contributed by atoms with Gasteiger partial charge in [0, 0.05) is 19.5 Å². The molecule has 4 rings (SSSR count). The number of aryl methyl sites for hydroxylation is 4. The Morgan fingerprint density at radius 2 is 1.69 bits per heavy atom. The third kappa shape index (κ3) is 6.33. The molecule has 3 heterocycles. The van der Waals surface area contributed by atoms with Crippen molar-refractivity contribution >= 4 is 35.0 Å². The topological polar surface area (TPSA) is 175 Å². The van der Waals surface area contributed by atoms with Gasteiger partial charge in [-0.2, -0.15) is 0 Å². The highest BCUT2D eigenvalue weighted by Gasteiger charge is 2.35. The average molecular weight is 584 g/mol. The van der Waals surface area contributed by atoms with Gasteiger partial charge < -0.3 is 44.6 Å². The molecule has 0 radical (unpaired) electrons. The van der Waals surface area contributed by atoms with E-state index in [1.165, 1.54) is 4.90 Å². The van der Waals surface area contributed by atoms with Crippen LogP contribution in [0.2, 0.25) is 0 Å². The van der Waals surface area contributed by atoms with Crippen LogP contribution in [0.25, 0.3) is 0 Å². The molecule has 5 amide bonds. The summed E-state index contributed by atoms with van der Waals surface area (Å²) in [6.45, 7) is 10.6. The Bertz CT molecular complexity index is 1430. The number of para-hydroxylation sites is 1. The van der Waals surface area contributed by atoms with E-state index in [1.54, 1.807) is 64.8 Å². The van der Waals surface area contributed by atoms with Crippen molar-refractivity contribution in [2.75, 3.05) is 42.7 Å². The van der Waals surface area contributed by atoms with Crippen molar-refractivity contribution in [3.05, 3.63) is 46.7 Å². The zero-order valence-electron chi connectivity index (χ0n) is 24.8.